The Bertz CT molecular complexity index is 1390. The minimum absolute atomic E-state index is 0.288. The molecule has 4 rings (SSSR count). The summed E-state index contributed by atoms with van der Waals surface area (Å²) in [5.74, 6) is 0.317. The van der Waals surface area contributed by atoms with Crippen molar-refractivity contribution < 1.29 is 23.9 Å². The Morgan fingerprint density at radius 3 is 1.28 bits per heavy atom. The van der Waals surface area contributed by atoms with Gasteiger partial charge in [0.05, 0.1) is 0 Å². The molecule has 0 aliphatic carbocycles. The fraction of sp³-hybridized carbons (Fsp3) is 0.129. The standard InChI is InChI=1S/C31H29N3O5/c1-21(38-27-9-5-3-6-10-27)29(35)32-24-15-13-23(14-16-24)31(37)34-26-19-17-25(18-20-26)33-30(36)22(2)39-28-11-7-4-8-12-28/h3-22H,1-2H3,(H,32,35)(H,33,36)(H,34,37). The first-order chi connectivity index (χ1) is 18.9. The molecule has 0 fully saturated rings. The van der Waals surface area contributed by atoms with Crippen LogP contribution in [-0.4, -0.2) is 29.9 Å². The fourth-order valence-electron chi connectivity index (χ4n) is 3.55. The van der Waals surface area contributed by atoms with E-state index in [0.29, 0.717) is 34.1 Å². The van der Waals surface area contributed by atoms with Crippen LogP contribution in [0.3, 0.4) is 0 Å². The van der Waals surface area contributed by atoms with Gasteiger partial charge in [-0.15, -0.1) is 0 Å². The highest BCUT2D eigenvalue weighted by Gasteiger charge is 2.16. The summed E-state index contributed by atoms with van der Waals surface area (Å²) >= 11 is 0. The van der Waals surface area contributed by atoms with Gasteiger partial charge in [0, 0.05) is 22.6 Å². The summed E-state index contributed by atoms with van der Waals surface area (Å²) in [6, 6.07) is 31.5. The van der Waals surface area contributed by atoms with E-state index in [1.165, 1.54) is 0 Å². The lowest BCUT2D eigenvalue weighted by molar-refractivity contribution is -0.122. The van der Waals surface area contributed by atoms with Crippen molar-refractivity contribution in [3.05, 3.63) is 115 Å². The van der Waals surface area contributed by atoms with Crippen molar-refractivity contribution in [1.29, 1.82) is 0 Å². The van der Waals surface area contributed by atoms with E-state index < -0.39 is 12.2 Å². The Hall–Kier alpha value is -5.11. The fourth-order valence-corrected chi connectivity index (χ4v) is 3.55. The maximum Gasteiger partial charge on any atom is 0.265 e. The van der Waals surface area contributed by atoms with Crippen LogP contribution >= 0.6 is 0 Å². The van der Waals surface area contributed by atoms with Crippen molar-refractivity contribution in [2.75, 3.05) is 16.0 Å². The number of amides is 3. The predicted molar refractivity (Wildman–Crippen MR) is 151 cm³/mol. The minimum Gasteiger partial charge on any atom is -0.481 e. The van der Waals surface area contributed by atoms with Crippen LogP contribution < -0.4 is 25.4 Å². The summed E-state index contributed by atoms with van der Waals surface area (Å²) in [5.41, 5.74) is 2.11. The number of rotatable bonds is 10. The van der Waals surface area contributed by atoms with Gasteiger partial charge < -0.3 is 25.4 Å². The first kappa shape index (κ1) is 26.9. The van der Waals surface area contributed by atoms with Crippen molar-refractivity contribution in [3.63, 3.8) is 0 Å². The van der Waals surface area contributed by atoms with E-state index in [1.807, 2.05) is 36.4 Å². The molecular weight excluding hydrogens is 494 g/mol. The van der Waals surface area contributed by atoms with E-state index >= 15 is 0 Å². The molecule has 0 saturated carbocycles. The molecule has 4 aromatic rings. The average molecular weight is 524 g/mol. The first-order valence-corrected chi connectivity index (χ1v) is 12.4. The average Bonchev–Trinajstić information content (AvgIpc) is 2.95. The number of nitrogens with one attached hydrogen (secondary N) is 3. The van der Waals surface area contributed by atoms with Gasteiger partial charge in [0.15, 0.2) is 12.2 Å². The van der Waals surface area contributed by atoms with Gasteiger partial charge in [-0.2, -0.15) is 0 Å². The maximum absolute atomic E-state index is 12.7. The molecule has 0 aliphatic heterocycles. The summed E-state index contributed by atoms with van der Waals surface area (Å²) < 4.78 is 11.3. The Morgan fingerprint density at radius 1 is 0.513 bits per heavy atom. The van der Waals surface area contributed by atoms with Gasteiger partial charge in [-0.05, 0) is 86.6 Å². The monoisotopic (exact) mass is 523 g/mol. The van der Waals surface area contributed by atoms with Crippen molar-refractivity contribution >= 4 is 34.8 Å². The Morgan fingerprint density at radius 2 is 0.872 bits per heavy atom. The summed E-state index contributed by atoms with van der Waals surface area (Å²) in [4.78, 5) is 37.6. The molecule has 0 aliphatic rings. The number of benzene rings is 4. The highest BCUT2D eigenvalue weighted by atomic mass is 16.5. The number of ether oxygens (including phenoxy) is 2. The molecule has 2 atom stereocenters. The molecule has 198 valence electrons. The van der Waals surface area contributed by atoms with Crippen LogP contribution in [0.1, 0.15) is 24.2 Å². The molecule has 3 N–H and O–H groups in total. The number of hydrogen-bond donors (Lipinski definition) is 3. The molecule has 0 aromatic heterocycles. The van der Waals surface area contributed by atoms with Crippen molar-refractivity contribution in [3.8, 4) is 11.5 Å². The molecule has 8 heteroatoms. The predicted octanol–water partition coefficient (Wildman–Crippen LogP) is 5.75. The molecule has 0 saturated heterocycles. The van der Waals surface area contributed by atoms with Crippen LogP contribution in [0, 0.1) is 0 Å². The zero-order chi connectivity index (χ0) is 27.6. The normalized spacial score (nSPS) is 11.9. The number of para-hydroxylation sites is 2. The SMILES string of the molecule is CC(Oc1ccccc1)C(=O)Nc1ccc(NC(=O)c2ccc(NC(=O)C(C)Oc3ccccc3)cc2)cc1. The zero-order valence-electron chi connectivity index (χ0n) is 21.6. The Kier molecular flexibility index (Phi) is 8.92. The van der Waals surface area contributed by atoms with Gasteiger partial charge in [0.2, 0.25) is 0 Å². The van der Waals surface area contributed by atoms with Crippen LogP contribution in [0.25, 0.3) is 0 Å². The summed E-state index contributed by atoms with van der Waals surface area (Å²) in [5, 5.41) is 8.40. The lowest BCUT2D eigenvalue weighted by atomic mass is 10.1. The van der Waals surface area contributed by atoms with Crippen LogP contribution in [0.2, 0.25) is 0 Å². The topological polar surface area (TPSA) is 106 Å². The molecule has 0 spiro atoms. The number of carbonyl (C=O) groups excluding carboxylic acids is 3. The summed E-state index contributed by atoms with van der Waals surface area (Å²) in [6.45, 7) is 3.34. The van der Waals surface area contributed by atoms with Crippen LogP contribution in [0.4, 0.5) is 17.1 Å². The maximum atomic E-state index is 12.7. The van der Waals surface area contributed by atoms with Crippen molar-refractivity contribution in [2.45, 2.75) is 26.1 Å². The van der Waals surface area contributed by atoms with Gasteiger partial charge in [-0.25, -0.2) is 0 Å². The third-order valence-electron chi connectivity index (χ3n) is 5.68. The van der Waals surface area contributed by atoms with Crippen molar-refractivity contribution in [2.24, 2.45) is 0 Å². The van der Waals surface area contributed by atoms with Gasteiger partial charge in [-0.1, -0.05) is 36.4 Å². The zero-order valence-corrected chi connectivity index (χ0v) is 21.6. The third-order valence-corrected chi connectivity index (χ3v) is 5.68. The number of carbonyl (C=O) groups is 3. The second-order valence-corrected chi connectivity index (χ2v) is 8.73. The Balaban J connectivity index is 1.26. The van der Waals surface area contributed by atoms with Crippen LogP contribution in [0.5, 0.6) is 11.5 Å². The van der Waals surface area contributed by atoms with E-state index in [4.69, 9.17) is 9.47 Å². The number of hydrogen-bond acceptors (Lipinski definition) is 5. The van der Waals surface area contributed by atoms with E-state index in [9.17, 15) is 14.4 Å². The first-order valence-electron chi connectivity index (χ1n) is 12.4. The lowest BCUT2D eigenvalue weighted by Gasteiger charge is -2.15. The quantitative estimate of drug-likeness (QED) is 0.245. The van der Waals surface area contributed by atoms with E-state index in [2.05, 4.69) is 16.0 Å². The van der Waals surface area contributed by atoms with Gasteiger partial charge >= 0.3 is 0 Å². The summed E-state index contributed by atoms with van der Waals surface area (Å²) in [7, 11) is 0. The van der Waals surface area contributed by atoms with Crippen LogP contribution in [0.15, 0.2) is 109 Å². The second-order valence-electron chi connectivity index (χ2n) is 8.73. The molecule has 0 radical (unpaired) electrons. The second kappa shape index (κ2) is 12.9. The van der Waals surface area contributed by atoms with Crippen molar-refractivity contribution in [1.82, 2.24) is 0 Å². The molecule has 39 heavy (non-hydrogen) atoms. The van der Waals surface area contributed by atoms with Gasteiger partial charge in [0.25, 0.3) is 17.7 Å². The molecule has 0 bridgehead atoms. The largest absolute Gasteiger partial charge is 0.481 e. The van der Waals surface area contributed by atoms with Gasteiger partial charge in [-0.3, -0.25) is 14.4 Å². The highest BCUT2D eigenvalue weighted by molar-refractivity contribution is 6.05. The molecule has 3 amide bonds. The van der Waals surface area contributed by atoms with Gasteiger partial charge in [0.1, 0.15) is 11.5 Å². The molecule has 0 heterocycles. The molecular formula is C31H29N3O5. The van der Waals surface area contributed by atoms with E-state index in [1.54, 1.807) is 86.6 Å². The minimum atomic E-state index is -0.692. The number of anilines is 3. The molecule has 4 aromatic carbocycles. The lowest BCUT2D eigenvalue weighted by Crippen LogP contribution is -2.30. The Labute approximate surface area is 227 Å². The third kappa shape index (κ3) is 7.93. The summed E-state index contributed by atoms with van der Waals surface area (Å²) in [6.07, 6.45) is -1.37. The molecule has 8 nitrogen and oxygen atoms in total. The van der Waals surface area contributed by atoms with E-state index in [0.717, 1.165) is 0 Å². The van der Waals surface area contributed by atoms with E-state index in [-0.39, 0.29) is 17.7 Å². The van der Waals surface area contributed by atoms with Crippen LogP contribution in [-0.2, 0) is 9.59 Å². The smallest absolute Gasteiger partial charge is 0.265 e. The molecule has 2 unspecified atom stereocenters. The highest BCUT2D eigenvalue weighted by Crippen LogP contribution is 2.18.